The van der Waals surface area contributed by atoms with Crippen molar-refractivity contribution in [2.45, 2.75) is 74.9 Å². The number of hydrogen-bond acceptors (Lipinski definition) is 6. The van der Waals surface area contributed by atoms with E-state index >= 15 is 0 Å². The molecule has 0 amide bonds. The summed E-state index contributed by atoms with van der Waals surface area (Å²) in [7, 11) is -3.98. The quantitative estimate of drug-likeness (QED) is 0.203. The van der Waals surface area contributed by atoms with E-state index in [1.165, 1.54) is 15.4 Å². The maximum absolute atomic E-state index is 14.5. The molecule has 1 spiro atoms. The third-order valence-corrected chi connectivity index (χ3v) is 14.5. The van der Waals surface area contributed by atoms with Gasteiger partial charge in [0.25, 0.3) is 0 Å². The molecule has 8 heteroatoms. The highest BCUT2D eigenvalue weighted by atomic mass is 32.2. The number of fused-ring (bicyclic) bond motifs is 8. The molecule has 0 fully saturated rings. The van der Waals surface area contributed by atoms with Crippen LogP contribution in [-0.4, -0.2) is 43.1 Å². The van der Waals surface area contributed by atoms with Crippen molar-refractivity contribution in [1.29, 1.82) is 0 Å². The third kappa shape index (κ3) is 4.04. The second-order valence-electron chi connectivity index (χ2n) is 15.5. The number of anilines is 4. The van der Waals surface area contributed by atoms with Crippen molar-refractivity contribution in [2.75, 3.05) is 23.0 Å². The number of nitrogens with zero attached hydrogens (tertiary/aromatic N) is 3. The first kappa shape index (κ1) is 32.3. The highest BCUT2D eigenvalue weighted by Gasteiger charge is 2.59. The van der Waals surface area contributed by atoms with Gasteiger partial charge in [0, 0.05) is 81.0 Å². The van der Waals surface area contributed by atoms with Crippen molar-refractivity contribution >= 4 is 32.8 Å². The molecule has 1 N–H and O–H groups in total. The van der Waals surface area contributed by atoms with Crippen molar-refractivity contribution in [3.8, 4) is 11.5 Å². The molecule has 0 bridgehead atoms. The molecule has 4 aliphatic heterocycles. The maximum Gasteiger partial charge on any atom is 0.244 e. The lowest BCUT2D eigenvalue weighted by Gasteiger charge is -2.43. The molecular formula is C43H43N3O4S. The number of hydrogen-bond donors (Lipinski definition) is 1. The van der Waals surface area contributed by atoms with Gasteiger partial charge in [-0.05, 0) is 55.3 Å². The molecule has 9 rings (SSSR count). The molecule has 51 heavy (non-hydrogen) atoms. The first-order valence-electron chi connectivity index (χ1n) is 17.8. The first-order valence-corrected chi connectivity index (χ1v) is 19.3. The Hall–Kier alpha value is -4.63. The number of aliphatic hydroxyl groups excluding tert-OH is 1. The van der Waals surface area contributed by atoms with Gasteiger partial charge in [-0.3, -0.25) is 0 Å². The van der Waals surface area contributed by atoms with E-state index in [0.29, 0.717) is 17.1 Å². The van der Waals surface area contributed by atoms with Crippen molar-refractivity contribution in [3.63, 3.8) is 0 Å². The van der Waals surface area contributed by atoms with E-state index in [9.17, 15) is 13.5 Å². The number of para-hydroxylation sites is 2. The summed E-state index contributed by atoms with van der Waals surface area (Å²) in [6.45, 7) is 13.2. The number of sulfonamides is 1. The normalized spacial score (nSPS) is 24.5. The van der Waals surface area contributed by atoms with Gasteiger partial charge >= 0.3 is 0 Å². The van der Waals surface area contributed by atoms with Crippen LogP contribution in [0.2, 0.25) is 0 Å². The third-order valence-electron chi connectivity index (χ3n) is 12.6. The number of ether oxygens (including phenoxy) is 1. The van der Waals surface area contributed by atoms with Crippen LogP contribution in [0.3, 0.4) is 0 Å². The Kier molecular flexibility index (Phi) is 6.77. The Morgan fingerprint density at radius 1 is 0.627 bits per heavy atom. The van der Waals surface area contributed by atoms with Crippen LogP contribution in [0.5, 0.6) is 11.5 Å². The molecule has 4 heterocycles. The fraction of sp³-hybridized carbons (Fsp3) is 0.302. The number of rotatable bonds is 4. The standard InChI is InChI=1S/C43H43N3O4S/c1-27-41(3,4)31-13-7-10-16-36(31)45(27)29-19-21-33-38(25-29)50-39-26-30(46-28(2)42(5,6)32-14-8-11-17-37(32)46)20-22-34(39)43(33)35-15-9-12-18-40(35)51(48,49)44(43)23-24-47/h7-22,25-28,47H,23-24H2,1-6H3. The zero-order valence-corrected chi connectivity index (χ0v) is 30.7. The highest BCUT2D eigenvalue weighted by Crippen LogP contribution is 2.61. The fourth-order valence-corrected chi connectivity index (χ4v) is 11.4. The topological polar surface area (TPSA) is 73.3 Å². The lowest BCUT2D eigenvalue weighted by atomic mass is 9.74. The minimum absolute atomic E-state index is 0.0746. The van der Waals surface area contributed by atoms with Crippen molar-refractivity contribution in [3.05, 3.63) is 137 Å². The fourth-order valence-electron chi connectivity index (χ4n) is 9.41. The lowest BCUT2D eigenvalue weighted by Crippen LogP contribution is -2.48. The van der Waals surface area contributed by atoms with Gasteiger partial charge in [0.15, 0.2) is 0 Å². The molecule has 0 radical (unpaired) electrons. The van der Waals surface area contributed by atoms with Crippen LogP contribution in [-0.2, 0) is 26.4 Å². The van der Waals surface area contributed by atoms with Crippen molar-refractivity contribution in [1.82, 2.24) is 4.31 Å². The van der Waals surface area contributed by atoms with Crippen LogP contribution < -0.4 is 14.5 Å². The van der Waals surface area contributed by atoms with E-state index in [1.807, 2.05) is 24.3 Å². The molecule has 0 aliphatic carbocycles. The van der Waals surface area contributed by atoms with E-state index < -0.39 is 15.6 Å². The zero-order chi connectivity index (χ0) is 35.7. The number of β-amino-alcohol motifs (C(OH)–C–C–N with tert-alkyl or cyclic N) is 1. The largest absolute Gasteiger partial charge is 0.456 e. The van der Waals surface area contributed by atoms with Crippen LogP contribution in [0.1, 0.15) is 69.4 Å². The predicted molar refractivity (Wildman–Crippen MR) is 202 cm³/mol. The van der Waals surface area contributed by atoms with E-state index in [0.717, 1.165) is 33.9 Å². The number of benzene rings is 5. The monoisotopic (exact) mass is 697 g/mol. The molecule has 0 saturated heterocycles. The van der Waals surface area contributed by atoms with Gasteiger partial charge in [0.2, 0.25) is 10.0 Å². The van der Waals surface area contributed by atoms with E-state index in [4.69, 9.17) is 4.74 Å². The summed E-state index contributed by atoms with van der Waals surface area (Å²) in [6.07, 6.45) is 0. The van der Waals surface area contributed by atoms with Gasteiger partial charge in [0.1, 0.15) is 17.0 Å². The summed E-state index contributed by atoms with van der Waals surface area (Å²) >= 11 is 0. The maximum atomic E-state index is 14.5. The average Bonchev–Trinajstić information content (AvgIpc) is 3.55. The molecule has 0 saturated carbocycles. The Labute approximate surface area is 300 Å². The molecule has 5 aromatic rings. The van der Waals surface area contributed by atoms with Crippen LogP contribution >= 0.6 is 0 Å². The predicted octanol–water partition coefficient (Wildman–Crippen LogP) is 8.72. The molecule has 2 atom stereocenters. The highest BCUT2D eigenvalue weighted by molar-refractivity contribution is 7.89. The van der Waals surface area contributed by atoms with Crippen molar-refractivity contribution in [2.24, 2.45) is 0 Å². The second-order valence-corrected chi connectivity index (χ2v) is 17.4. The summed E-state index contributed by atoms with van der Waals surface area (Å²) in [5.41, 5.74) is 7.51. The summed E-state index contributed by atoms with van der Waals surface area (Å²) in [6, 6.07) is 37.1. The van der Waals surface area contributed by atoms with Gasteiger partial charge < -0.3 is 19.6 Å². The van der Waals surface area contributed by atoms with Crippen LogP contribution in [0, 0.1) is 0 Å². The van der Waals surface area contributed by atoms with E-state index in [1.54, 1.807) is 12.1 Å². The smallest absolute Gasteiger partial charge is 0.244 e. The van der Waals surface area contributed by atoms with E-state index in [2.05, 4.69) is 124 Å². The van der Waals surface area contributed by atoms with Gasteiger partial charge in [-0.1, -0.05) is 94.4 Å². The van der Waals surface area contributed by atoms with Crippen LogP contribution in [0.15, 0.2) is 114 Å². The summed E-state index contributed by atoms with van der Waals surface area (Å²) in [4.78, 5) is 4.99. The van der Waals surface area contributed by atoms with Crippen LogP contribution in [0.4, 0.5) is 22.7 Å². The molecule has 2 unspecified atom stereocenters. The Balaban J connectivity index is 1.29. The summed E-state index contributed by atoms with van der Waals surface area (Å²) in [5, 5.41) is 10.4. The Morgan fingerprint density at radius 3 is 1.57 bits per heavy atom. The van der Waals surface area contributed by atoms with Gasteiger partial charge in [0.05, 0.1) is 11.5 Å². The minimum Gasteiger partial charge on any atom is -0.456 e. The summed E-state index contributed by atoms with van der Waals surface area (Å²) < 4.78 is 37.4. The van der Waals surface area contributed by atoms with Crippen LogP contribution in [0.25, 0.3) is 0 Å². The van der Waals surface area contributed by atoms with Crippen molar-refractivity contribution < 1.29 is 18.3 Å². The second kappa shape index (κ2) is 10.7. The molecule has 5 aromatic carbocycles. The minimum atomic E-state index is -3.98. The zero-order valence-electron chi connectivity index (χ0n) is 29.9. The molecular weight excluding hydrogens is 655 g/mol. The SMILES string of the molecule is CC1N(c2ccc3c(c2)Oc2cc(N4c5ccccc5C(C)(C)C4C)ccc2C32c3ccccc3S(=O)(=O)N2CCO)c2ccccc2C1(C)C. The molecule has 4 aliphatic rings. The molecule has 260 valence electrons. The molecule has 0 aromatic heterocycles. The molecule has 7 nitrogen and oxygen atoms in total. The van der Waals surface area contributed by atoms with Gasteiger partial charge in [-0.25, -0.2) is 8.42 Å². The average molecular weight is 698 g/mol. The van der Waals surface area contributed by atoms with E-state index in [-0.39, 0.29) is 41.0 Å². The lowest BCUT2D eigenvalue weighted by molar-refractivity contribution is 0.202. The number of aliphatic hydroxyl groups is 1. The first-order chi connectivity index (χ1) is 24.4. The Bertz CT molecular complexity index is 2250. The summed E-state index contributed by atoms with van der Waals surface area (Å²) in [5.74, 6) is 1.19. The van der Waals surface area contributed by atoms with Gasteiger partial charge in [-0.15, -0.1) is 0 Å². The Morgan fingerprint density at radius 2 is 1.08 bits per heavy atom. The van der Waals surface area contributed by atoms with Gasteiger partial charge in [-0.2, -0.15) is 4.31 Å².